The summed E-state index contributed by atoms with van der Waals surface area (Å²) in [6.45, 7) is 6.74. The minimum Gasteiger partial charge on any atom is -0.468 e. The lowest BCUT2D eigenvalue weighted by molar-refractivity contribution is -0.149. The van der Waals surface area contributed by atoms with Gasteiger partial charge in [-0.1, -0.05) is 26.7 Å². The molecule has 2 fully saturated rings. The van der Waals surface area contributed by atoms with Gasteiger partial charge in [-0.25, -0.2) is 0 Å². The molecule has 1 unspecified atom stereocenters. The SMILES string of the molecule is CCC1(CC)CCN(C(C(=O)OC)C2CC2)CC1. The van der Waals surface area contributed by atoms with E-state index in [4.69, 9.17) is 4.74 Å². The highest BCUT2D eigenvalue weighted by Gasteiger charge is 2.43. The Labute approximate surface area is 111 Å². The molecule has 104 valence electrons. The van der Waals surface area contributed by atoms with E-state index in [0.717, 1.165) is 13.1 Å². The topological polar surface area (TPSA) is 29.5 Å². The summed E-state index contributed by atoms with van der Waals surface area (Å²) in [5.41, 5.74) is 0.528. The summed E-state index contributed by atoms with van der Waals surface area (Å²) in [5, 5.41) is 0. The van der Waals surface area contributed by atoms with E-state index in [9.17, 15) is 4.79 Å². The lowest BCUT2D eigenvalue weighted by Crippen LogP contribution is -2.49. The molecule has 1 atom stereocenters. The molecule has 0 aromatic rings. The van der Waals surface area contributed by atoms with Gasteiger partial charge in [0.1, 0.15) is 6.04 Å². The standard InChI is InChI=1S/C15H27NO2/c1-4-15(5-2)8-10-16(11-9-15)13(12-6-7-12)14(17)18-3/h12-13H,4-11H2,1-3H3. The van der Waals surface area contributed by atoms with Crippen LogP contribution in [-0.4, -0.2) is 37.1 Å². The Balaban J connectivity index is 1.96. The summed E-state index contributed by atoms with van der Waals surface area (Å²) < 4.78 is 4.99. The lowest BCUT2D eigenvalue weighted by Gasteiger charge is -2.43. The molecule has 18 heavy (non-hydrogen) atoms. The normalized spacial score (nSPS) is 25.7. The number of esters is 1. The first kappa shape index (κ1) is 13.9. The molecule has 1 aliphatic carbocycles. The summed E-state index contributed by atoms with van der Waals surface area (Å²) in [6, 6.07) is 0.0433. The zero-order valence-corrected chi connectivity index (χ0v) is 12.1. The number of likely N-dealkylation sites (tertiary alicyclic amines) is 1. The van der Waals surface area contributed by atoms with E-state index in [0.29, 0.717) is 11.3 Å². The molecular weight excluding hydrogens is 226 g/mol. The number of ether oxygens (including phenoxy) is 1. The largest absolute Gasteiger partial charge is 0.468 e. The zero-order valence-electron chi connectivity index (χ0n) is 12.1. The van der Waals surface area contributed by atoms with Gasteiger partial charge in [0.05, 0.1) is 7.11 Å². The Morgan fingerprint density at radius 2 is 1.83 bits per heavy atom. The van der Waals surface area contributed by atoms with Crippen molar-refractivity contribution in [1.82, 2.24) is 4.90 Å². The predicted molar refractivity (Wildman–Crippen MR) is 72.4 cm³/mol. The van der Waals surface area contributed by atoms with Crippen LogP contribution in [0.15, 0.2) is 0 Å². The Kier molecular flexibility index (Phi) is 4.31. The third kappa shape index (κ3) is 2.71. The Morgan fingerprint density at radius 1 is 1.28 bits per heavy atom. The average Bonchev–Trinajstić information content (AvgIpc) is 3.24. The van der Waals surface area contributed by atoms with Crippen molar-refractivity contribution in [3.8, 4) is 0 Å². The van der Waals surface area contributed by atoms with E-state index in [1.54, 1.807) is 0 Å². The van der Waals surface area contributed by atoms with Crippen LogP contribution in [0.1, 0.15) is 52.4 Å². The second-order valence-corrected chi connectivity index (χ2v) is 6.05. The molecule has 1 aliphatic heterocycles. The average molecular weight is 253 g/mol. The number of hydrogen-bond donors (Lipinski definition) is 0. The number of rotatable bonds is 5. The molecule has 0 bridgehead atoms. The molecule has 2 aliphatic rings. The molecule has 3 nitrogen and oxygen atoms in total. The monoisotopic (exact) mass is 253 g/mol. The second kappa shape index (κ2) is 5.60. The van der Waals surface area contributed by atoms with Gasteiger partial charge >= 0.3 is 5.97 Å². The van der Waals surface area contributed by atoms with Gasteiger partial charge in [0.25, 0.3) is 0 Å². The Morgan fingerprint density at radius 3 is 2.22 bits per heavy atom. The molecule has 0 aromatic carbocycles. The molecule has 0 amide bonds. The molecule has 3 heteroatoms. The molecule has 0 spiro atoms. The summed E-state index contributed by atoms with van der Waals surface area (Å²) in [7, 11) is 1.52. The summed E-state index contributed by atoms with van der Waals surface area (Å²) in [5.74, 6) is 0.547. The van der Waals surface area contributed by atoms with Gasteiger partial charge in [-0.05, 0) is 50.1 Å². The van der Waals surface area contributed by atoms with Gasteiger partial charge in [0.2, 0.25) is 0 Å². The van der Waals surface area contributed by atoms with Crippen LogP contribution in [0.5, 0.6) is 0 Å². The molecule has 0 N–H and O–H groups in total. The van der Waals surface area contributed by atoms with Crippen LogP contribution in [0.25, 0.3) is 0 Å². The van der Waals surface area contributed by atoms with Crippen molar-refractivity contribution in [3.05, 3.63) is 0 Å². The minimum atomic E-state index is -0.0157. The number of carbonyl (C=O) groups excluding carboxylic acids is 1. The fourth-order valence-corrected chi connectivity index (χ4v) is 3.41. The van der Waals surface area contributed by atoms with Gasteiger partial charge in [-0.15, -0.1) is 0 Å². The van der Waals surface area contributed by atoms with Gasteiger partial charge < -0.3 is 4.74 Å². The van der Waals surface area contributed by atoms with Crippen LogP contribution < -0.4 is 0 Å². The summed E-state index contributed by atoms with van der Waals surface area (Å²) in [6.07, 6.45) is 7.40. The van der Waals surface area contributed by atoms with Crippen molar-refractivity contribution in [2.75, 3.05) is 20.2 Å². The van der Waals surface area contributed by atoms with Gasteiger partial charge in [-0.2, -0.15) is 0 Å². The van der Waals surface area contributed by atoms with E-state index in [1.807, 2.05) is 0 Å². The van der Waals surface area contributed by atoms with Crippen molar-refractivity contribution >= 4 is 5.97 Å². The molecule has 0 aromatic heterocycles. The van der Waals surface area contributed by atoms with Crippen molar-refractivity contribution in [1.29, 1.82) is 0 Å². The molecular formula is C15H27NO2. The third-order valence-corrected chi connectivity index (χ3v) is 5.26. The minimum absolute atomic E-state index is 0.0157. The number of nitrogens with zero attached hydrogens (tertiary/aromatic N) is 1. The van der Waals surface area contributed by atoms with E-state index in [2.05, 4.69) is 18.7 Å². The first-order valence-electron chi connectivity index (χ1n) is 7.47. The first-order valence-corrected chi connectivity index (χ1v) is 7.47. The summed E-state index contributed by atoms with van der Waals surface area (Å²) in [4.78, 5) is 14.3. The van der Waals surface area contributed by atoms with Gasteiger partial charge in [0, 0.05) is 0 Å². The molecule has 2 rings (SSSR count). The van der Waals surface area contributed by atoms with Crippen LogP contribution in [0.4, 0.5) is 0 Å². The summed E-state index contributed by atoms with van der Waals surface area (Å²) >= 11 is 0. The van der Waals surface area contributed by atoms with Crippen LogP contribution >= 0.6 is 0 Å². The lowest BCUT2D eigenvalue weighted by atomic mass is 9.74. The Bertz CT molecular complexity index is 285. The number of piperidine rings is 1. The van der Waals surface area contributed by atoms with Crippen LogP contribution in [0.2, 0.25) is 0 Å². The molecule has 1 saturated heterocycles. The fourth-order valence-electron chi connectivity index (χ4n) is 3.41. The number of methoxy groups -OCH3 is 1. The van der Waals surface area contributed by atoms with E-state index in [-0.39, 0.29) is 12.0 Å². The van der Waals surface area contributed by atoms with Crippen molar-refractivity contribution in [2.45, 2.75) is 58.4 Å². The molecule has 0 radical (unpaired) electrons. The quantitative estimate of drug-likeness (QED) is 0.706. The zero-order chi connectivity index (χ0) is 13.2. The van der Waals surface area contributed by atoms with Crippen molar-refractivity contribution in [2.24, 2.45) is 11.3 Å². The highest BCUT2D eigenvalue weighted by Crippen LogP contribution is 2.42. The van der Waals surface area contributed by atoms with Gasteiger partial charge in [0.15, 0.2) is 0 Å². The number of hydrogen-bond acceptors (Lipinski definition) is 3. The van der Waals surface area contributed by atoms with E-state index < -0.39 is 0 Å². The van der Waals surface area contributed by atoms with Crippen LogP contribution in [-0.2, 0) is 9.53 Å². The van der Waals surface area contributed by atoms with E-state index >= 15 is 0 Å². The smallest absolute Gasteiger partial charge is 0.323 e. The highest BCUT2D eigenvalue weighted by molar-refractivity contribution is 5.76. The molecule has 1 saturated carbocycles. The maximum absolute atomic E-state index is 11.9. The second-order valence-electron chi connectivity index (χ2n) is 6.05. The van der Waals surface area contributed by atoms with Crippen LogP contribution in [0.3, 0.4) is 0 Å². The number of carbonyl (C=O) groups is 1. The first-order chi connectivity index (χ1) is 8.65. The highest BCUT2D eigenvalue weighted by atomic mass is 16.5. The maximum Gasteiger partial charge on any atom is 0.323 e. The Hall–Kier alpha value is -0.570. The maximum atomic E-state index is 11.9. The van der Waals surface area contributed by atoms with Crippen LogP contribution in [0, 0.1) is 11.3 Å². The van der Waals surface area contributed by atoms with E-state index in [1.165, 1.54) is 45.6 Å². The molecule has 1 heterocycles. The fraction of sp³-hybridized carbons (Fsp3) is 0.933. The predicted octanol–water partition coefficient (Wildman–Crippen LogP) is 2.84. The van der Waals surface area contributed by atoms with Crippen molar-refractivity contribution < 1.29 is 9.53 Å². The third-order valence-electron chi connectivity index (χ3n) is 5.26. The van der Waals surface area contributed by atoms with Crippen molar-refractivity contribution in [3.63, 3.8) is 0 Å². The van der Waals surface area contributed by atoms with Gasteiger partial charge in [-0.3, -0.25) is 9.69 Å².